The number of nitrogens with one attached hydrogen (secondary N) is 1. The largest absolute Gasteiger partial charge is 0.494 e. The summed E-state index contributed by atoms with van der Waals surface area (Å²) in [5.74, 6) is 0.278. The van der Waals surface area contributed by atoms with Crippen LogP contribution in [-0.4, -0.2) is 53.3 Å². The molecule has 0 fully saturated rings. The fraction of sp³-hybridized carbons (Fsp3) is 0.400. The Hall–Kier alpha value is -3.69. The van der Waals surface area contributed by atoms with Crippen LogP contribution in [0.1, 0.15) is 68.4 Å². The summed E-state index contributed by atoms with van der Waals surface area (Å²) >= 11 is 3.50. The lowest BCUT2D eigenvalue weighted by atomic mass is 9.83. The molecule has 0 spiro atoms. The van der Waals surface area contributed by atoms with Gasteiger partial charge in [0.05, 0.1) is 6.61 Å². The number of aliphatic imine (C=N–C) groups is 1. The van der Waals surface area contributed by atoms with Crippen molar-refractivity contribution in [2.45, 2.75) is 76.2 Å². The predicted molar refractivity (Wildman–Crippen MR) is 172 cm³/mol. The number of esters is 1. The van der Waals surface area contributed by atoms with E-state index in [1.807, 2.05) is 81.4 Å². The van der Waals surface area contributed by atoms with Gasteiger partial charge in [-0.15, -0.1) is 0 Å². The zero-order chi connectivity index (χ0) is 31.3. The van der Waals surface area contributed by atoms with Gasteiger partial charge in [-0.1, -0.05) is 52.3 Å². The van der Waals surface area contributed by atoms with Gasteiger partial charge in [-0.2, -0.15) is 0 Å². The number of carbonyl (C=O) groups excluding carboxylic acids is 2. The average Bonchev–Trinajstić information content (AvgIpc) is 3.58. The first-order chi connectivity index (χ1) is 21.1. The van der Waals surface area contributed by atoms with Gasteiger partial charge in [0.15, 0.2) is 11.6 Å². The molecule has 3 aromatic carbocycles. The Balaban J connectivity index is 1.50. The van der Waals surface area contributed by atoms with Crippen LogP contribution in [0.5, 0.6) is 5.75 Å². The number of hydrogen-bond acceptors (Lipinski definition) is 7. The van der Waals surface area contributed by atoms with Crippen molar-refractivity contribution in [1.29, 1.82) is 0 Å². The molecule has 0 saturated heterocycles. The van der Waals surface area contributed by atoms with E-state index in [9.17, 15) is 9.59 Å². The first-order valence-corrected chi connectivity index (χ1v) is 15.8. The van der Waals surface area contributed by atoms with Crippen molar-refractivity contribution in [2.24, 2.45) is 4.99 Å². The Labute approximate surface area is 267 Å². The summed E-state index contributed by atoms with van der Waals surface area (Å²) in [6.45, 7) is 5.92. The van der Waals surface area contributed by atoms with Gasteiger partial charge >= 0.3 is 5.97 Å². The number of ether oxygens (including phenoxy) is 3. The smallest absolute Gasteiger partial charge is 0.306 e. The third-order valence-corrected chi connectivity index (χ3v) is 8.25. The number of amides is 1. The van der Waals surface area contributed by atoms with Gasteiger partial charge in [0.1, 0.15) is 11.4 Å². The Morgan fingerprint density at radius 3 is 2.30 bits per heavy atom. The molecule has 1 aliphatic carbocycles. The monoisotopic (exact) mass is 662 g/mol. The number of aliphatic hydroxyl groups excluding tert-OH is 1. The molecule has 8 nitrogen and oxygen atoms in total. The zero-order valence-corrected chi connectivity index (χ0v) is 26.9. The van der Waals surface area contributed by atoms with Crippen molar-refractivity contribution < 1.29 is 28.9 Å². The fourth-order valence-corrected chi connectivity index (χ4v) is 5.93. The summed E-state index contributed by atoms with van der Waals surface area (Å²) in [7, 11) is 0. The minimum absolute atomic E-state index is 0.0135. The van der Waals surface area contributed by atoms with Gasteiger partial charge in [-0.3, -0.25) is 9.59 Å². The van der Waals surface area contributed by atoms with Gasteiger partial charge in [-0.05, 0) is 93.1 Å². The van der Waals surface area contributed by atoms with Crippen LogP contribution in [0.4, 0.5) is 0 Å². The highest BCUT2D eigenvalue weighted by atomic mass is 79.9. The highest BCUT2D eigenvalue weighted by Crippen LogP contribution is 2.44. The molecule has 232 valence electrons. The Kier molecular flexibility index (Phi) is 9.75. The van der Waals surface area contributed by atoms with Crippen molar-refractivity contribution in [2.75, 3.05) is 13.2 Å². The standard InChI is InChI=1S/C35H39BrN2O6/c1-34(2,3)44-30(40)17-18-35(33(41)37-28-21-25-7-4-5-8-26(25)22-28)31(23-9-13-27(36)14-10-23)43-32(38-35)24-11-15-29(16-12-24)42-20-6-19-39/h4-5,7-16,28,31,39H,6,17-22H2,1-3H3,(H,37,41)/t31-,35-/m1/s1. The average molecular weight is 664 g/mol. The Morgan fingerprint density at radius 1 is 1.02 bits per heavy atom. The minimum atomic E-state index is -1.43. The molecule has 0 bridgehead atoms. The molecule has 1 amide bonds. The van der Waals surface area contributed by atoms with Crippen LogP contribution in [0.3, 0.4) is 0 Å². The summed E-state index contributed by atoms with van der Waals surface area (Å²) in [4.78, 5) is 32.5. The molecule has 2 atom stereocenters. The van der Waals surface area contributed by atoms with E-state index in [0.717, 1.165) is 22.9 Å². The Morgan fingerprint density at radius 2 is 1.68 bits per heavy atom. The van der Waals surface area contributed by atoms with Gasteiger partial charge in [0, 0.05) is 35.5 Å². The van der Waals surface area contributed by atoms with Crippen LogP contribution in [0, 0.1) is 0 Å². The second-order valence-corrected chi connectivity index (χ2v) is 13.2. The van der Waals surface area contributed by atoms with E-state index in [4.69, 9.17) is 24.3 Å². The van der Waals surface area contributed by atoms with E-state index in [2.05, 4.69) is 33.4 Å². The topological polar surface area (TPSA) is 106 Å². The van der Waals surface area contributed by atoms with Crippen LogP contribution < -0.4 is 10.1 Å². The van der Waals surface area contributed by atoms with Crippen LogP contribution in [0.25, 0.3) is 0 Å². The molecule has 1 heterocycles. The van der Waals surface area contributed by atoms with Gasteiger partial charge < -0.3 is 24.6 Å². The SMILES string of the molecule is CC(C)(C)OC(=O)CC[C@@]1(C(=O)NC2Cc3ccccc3C2)N=C(c2ccc(OCCCO)cc2)O[C@@H]1c1ccc(Br)cc1. The van der Waals surface area contributed by atoms with Crippen molar-refractivity contribution in [3.05, 3.63) is 99.5 Å². The lowest BCUT2D eigenvalue weighted by molar-refractivity contribution is -0.155. The maximum absolute atomic E-state index is 14.5. The third kappa shape index (κ3) is 7.50. The first kappa shape index (κ1) is 31.7. The molecule has 2 N–H and O–H groups in total. The van der Waals surface area contributed by atoms with Crippen molar-refractivity contribution in [1.82, 2.24) is 5.32 Å². The Bertz CT molecular complexity index is 1470. The third-order valence-electron chi connectivity index (χ3n) is 7.72. The number of nitrogens with zero attached hydrogens (tertiary/aromatic N) is 1. The predicted octanol–water partition coefficient (Wildman–Crippen LogP) is 5.87. The molecule has 44 heavy (non-hydrogen) atoms. The highest BCUT2D eigenvalue weighted by molar-refractivity contribution is 9.10. The van der Waals surface area contributed by atoms with Crippen LogP contribution >= 0.6 is 15.9 Å². The summed E-state index contributed by atoms with van der Waals surface area (Å²) < 4.78 is 18.8. The van der Waals surface area contributed by atoms with E-state index in [0.29, 0.717) is 30.2 Å². The molecule has 0 aromatic heterocycles. The zero-order valence-electron chi connectivity index (χ0n) is 25.3. The fourth-order valence-electron chi connectivity index (χ4n) is 5.66. The maximum atomic E-state index is 14.5. The summed E-state index contributed by atoms with van der Waals surface area (Å²) in [5.41, 5.74) is 1.81. The number of benzene rings is 3. The van der Waals surface area contributed by atoms with Crippen molar-refractivity contribution in [3.8, 4) is 5.75 Å². The maximum Gasteiger partial charge on any atom is 0.306 e. The van der Waals surface area contributed by atoms with Gasteiger partial charge in [0.2, 0.25) is 5.90 Å². The lowest BCUT2D eigenvalue weighted by Gasteiger charge is -2.32. The highest BCUT2D eigenvalue weighted by Gasteiger charge is 2.54. The molecule has 0 saturated carbocycles. The van der Waals surface area contributed by atoms with Crippen LogP contribution in [0.2, 0.25) is 0 Å². The van der Waals surface area contributed by atoms with Crippen LogP contribution in [0.15, 0.2) is 82.3 Å². The van der Waals surface area contributed by atoms with E-state index in [1.165, 1.54) is 11.1 Å². The number of fused-ring (bicyclic) bond motifs is 1. The van der Waals surface area contributed by atoms with E-state index in [-0.39, 0.29) is 31.4 Å². The van der Waals surface area contributed by atoms with Crippen molar-refractivity contribution >= 4 is 33.7 Å². The second kappa shape index (κ2) is 13.5. The molecule has 2 aliphatic rings. The molecular weight excluding hydrogens is 624 g/mol. The van der Waals surface area contributed by atoms with Crippen molar-refractivity contribution in [3.63, 3.8) is 0 Å². The molecule has 3 aromatic rings. The number of halogens is 1. The van der Waals surface area contributed by atoms with E-state index >= 15 is 0 Å². The van der Waals surface area contributed by atoms with Gasteiger partial charge in [-0.25, -0.2) is 4.99 Å². The van der Waals surface area contributed by atoms with E-state index < -0.39 is 23.2 Å². The number of hydrogen-bond donors (Lipinski definition) is 2. The minimum Gasteiger partial charge on any atom is -0.494 e. The number of aliphatic hydroxyl groups is 1. The van der Waals surface area contributed by atoms with Crippen LogP contribution in [-0.2, 0) is 31.9 Å². The molecular formula is C35H39BrN2O6. The molecule has 0 radical (unpaired) electrons. The second-order valence-electron chi connectivity index (χ2n) is 12.3. The molecule has 9 heteroatoms. The van der Waals surface area contributed by atoms with Gasteiger partial charge in [0.25, 0.3) is 5.91 Å². The number of rotatable bonds is 11. The quantitative estimate of drug-likeness (QED) is 0.196. The number of carbonyl (C=O) groups is 2. The molecule has 0 unspecified atom stereocenters. The summed E-state index contributed by atoms with van der Waals surface area (Å²) in [6, 6.07) is 23.0. The molecule has 5 rings (SSSR count). The first-order valence-electron chi connectivity index (χ1n) is 15.0. The summed E-state index contributed by atoms with van der Waals surface area (Å²) in [6.07, 6.45) is 1.29. The van der Waals surface area contributed by atoms with E-state index in [1.54, 1.807) is 0 Å². The summed E-state index contributed by atoms with van der Waals surface area (Å²) in [5, 5.41) is 12.3. The lowest BCUT2D eigenvalue weighted by Crippen LogP contribution is -2.52. The normalized spacial score (nSPS) is 19.6. The molecule has 1 aliphatic heterocycles.